The Bertz CT molecular complexity index is 411. The molecule has 3 nitrogen and oxygen atoms in total. The van der Waals surface area contributed by atoms with E-state index in [1.807, 2.05) is 6.07 Å². The van der Waals surface area contributed by atoms with Crippen molar-refractivity contribution in [1.29, 1.82) is 0 Å². The van der Waals surface area contributed by atoms with Gasteiger partial charge in [-0.15, -0.1) is 0 Å². The highest BCUT2D eigenvalue weighted by atomic mass is 16.5. The van der Waals surface area contributed by atoms with Gasteiger partial charge in [0, 0.05) is 36.8 Å². The smallest absolute Gasteiger partial charge is 0.123 e. The first-order chi connectivity index (χ1) is 8.96. The molecule has 0 bridgehead atoms. The van der Waals surface area contributed by atoms with Crippen LogP contribution in [0.2, 0.25) is 0 Å². The van der Waals surface area contributed by atoms with Crippen LogP contribution in [-0.2, 0) is 6.54 Å². The Morgan fingerprint density at radius 1 is 1.32 bits per heavy atom. The van der Waals surface area contributed by atoms with E-state index in [1.54, 1.807) is 0 Å². The Balaban J connectivity index is 1.98. The Morgan fingerprint density at radius 2 is 2.05 bits per heavy atom. The molecule has 0 fully saturated rings. The van der Waals surface area contributed by atoms with Gasteiger partial charge in [0.2, 0.25) is 0 Å². The summed E-state index contributed by atoms with van der Waals surface area (Å²) in [6.07, 6.45) is 0. The molecule has 0 saturated carbocycles. The standard InChI is InChI=1S/C16H26N2O/c1-13(11-17-16(2,3)4)18-9-10-19-15-8-6-5-7-14(15)12-18/h5-8,13,17H,9-12H2,1-4H3. The van der Waals surface area contributed by atoms with E-state index in [0.29, 0.717) is 6.04 Å². The van der Waals surface area contributed by atoms with Crippen LogP contribution in [-0.4, -0.2) is 36.2 Å². The molecule has 106 valence electrons. The monoisotopic (exact) mass is 262 g/mol. The Hall–Kier alpha value is -1.06. The van der Waals surface area contributed by atoms with Gasteiger partial charge >= 0.3 is 0 Å². The number of hydrogen-bond acceptors (Lipinski definition) is 3. The maximum absolute atomic E-state index is 5.81. The van der Waals surface area contributed by atoms with Gasteiger partial charge in [0.1, 0.15) is 12.4 Å². The van der Waals surface area contributed by atoms with Crippen molar-refractivity contribution >= 4 is 0 Å². The highest BCUT2D eigenvalue weighted by Crippen LogP contribution is 2.23. The summed E-state index contributed by atoms with van der Waals surface area (Å²) in [4.78, 5) is 2.49. The first-order valence-electron chi connectivity index (χ1n) is 7.15. The van der Waals surface area contributed by atoms with Crippen LogP contribution in [0.15, 0.2) is 24.3 Å². The van der Waals surface area contributed by atoms with Gasteiger partial charge in [-0.2, -0.15) is 0 Å². The number of hydrogen-bond donors (Lipinski definition) is 1. The SMILES string of the molecule is CC(CNC(C)(C)C)N1CCOc2ccccc2C1. The third-order valence-corrected chi connectivity index (χ3v) is 3.53. The number of ether oxygens (including phenoxy) is 1. The summed E-state index contributed by atoms with van der Waals surface area (Å²) in [6, 6.07) is 8.87. The molecule has 3 heteroatoms. The summed E-state index contributed by atoms with van der Waals surface area (Å²) >= 11 is 0. The molecule has 1 unspecified atom stereocenters. The largest absolute Gasteiger partial charge is 0.492 e. The van der Waals surface area contributed by atoms with Crippen molar-refractivity contribution in [3.63, 3.8) is 0 Å². The van der Waals surface area contributed by atoms with Crippen LogP contribution in [0.5, 0.6) is 5.75 Å². The van der Waals surface area contributed by atoms with E-state index in [9.17, 15) is 0 Å². The molecule has 0 radical (unpaired) electrons. The summed E-state index contributed by atoms with van der Waals surface area (Å²) in [7, 11) is 0. The number of benzene rings is 1. The molecule has 2 rings (SSSR count). The predicted molar refractivity (Wildman–Crippen MR) is 79.6 cm³/mol. The zero-order chi connectivity index (χ0) is 13.9. The molecule has 1 aliphatic rings. The molecule has 19 heavy (non-hydrogen) atoms. The van der Waals surface area contributed by atoms with Crippen molar-refractivity contribution in [1.82, 2.24) is 10.2 Å². The van der Waals surface area contributed by atoms with Crippen LogP contribution < -0.4 is 10.1 Å². The minimum atomic E-state index is 0.175. The van der Waals surface area contributed by atoms with E-state index in [0.717, 1.165) is 32.0 Å². The van der Waals surface area contributed by atoms with Gasteiger partial charge in [0.05, 0.1) is 0 Å². The molecule has 0 aliphatic carbocycles. The Kier molecular flexibility index (Phi) is 4.48. The van der Waals surface area contributed by atoms with Crippen LogP contribution >= 0.6 is 0 Å². The molecule has 1 N–H and O–H groups in total. The molecule has 0 aromatic heterocycles. The number of nitrogens with one attached hydrogen (secondary N) is 1. The van der Waals surface area contributed by atoms with Crippen LogP contribution in [0.3, 0.4) is 0 Å². The fourth-order valence-electron chi connectivity index (χ4n) is 2.31. The first kappa shape index (κ1) is 14.4. The van der Waals surface area contributed by atoms with Gasteiger partial charge in [-0.05, 0) is 33.8 Å². The van der Waals surface area contributed by atoms with Gasteiger partial charge in [-0.25, -0.2) is 0 Å². The molecule has 1 atom stereocenters. The number of fused-ring (bicyclic) bond motifs is 1. The molecule has 1 aromatic rings. The van der Waals surface area contributed by atoms with Crippen LogP contribution in [0.4, 0.5) is 0 Å². The maximum atomic E-state index is 5.81. The van der Waals surface area contributed by atoms with Gasteiger partial charge in [-0.3, -0.25) is 4.90 Å². The van der Waals surface area contributed by atoms with E-state index in [-0.39, 0.29) is 5.54 Å². The normalized spacial score (nSPS) is 18.3. The minimum Gasteiger partial charge on any atom is -0.492 e. The lowest BCUT2D eigenvalue weighted by atomic mass is 10.1. The number of para-hydroxylation sites is 1. The summed E-state index contributed by atoms with van der Waals surface area (Å²) in [6.45, 7) is 12.7. The van der Waals surface area contributed by atoms with Gasteiger partial charge in [0.15, 0.2) is 0 Å². The number of rotatable bonds is 3. The zero-order valence-electron chi connectivity index (χ0n) is 12.6. The molecule has 0 saturated heterocycles. The highest BCUT2D eigenvalue weighted by Gasteiger charge is 2.20. The molecule has 1 aliphatic heterocycles. The maximum Gasteiger partial charge on any atom is 0.123 e. The topological polar surface area (TPSA) is 24.5 Å². The lowest BCUT2D eigenvalue weighted by Gasteiger charge is -2.30. The third kappa shape index (κ3) is 4.22. The average molecular weight is 262 g/mol. The molecular weight excluding hydrogens is 236 g/mol. The van der Waals surface area contributed by atoms with Gasteiger partial charge in [0.25, 0.3) is 0 Å². The predicted octanol–water partition coefficient (Wildman–Crippen LogP) is 2.66. The van der Waals surface area contributed by atoms with Gasteiger partial charge in [-0.1, -0.05) is 18.2 Å². The molecule has 1 aromatic carbocycles. The van der Waals surface area contributed by atoms with Crippen molar-refractivity contribution in [2.24, 2.45) is 0 Å². The van der Waals surface area contributed by atoms with Gasteiger partial charge < -0.3 is 10.1 Å². The molecule has 0 spiro atoms. The molecular formula is C16H26N2O. The van der Waals surface area contributed by atoms with Crippen molar-refractivity contribution in [2.75, 3.05) is 19.7 Å². The fourth-order valence-corrected chi connectivity index (χ4v) is 2.31. The first-order valence-corrected chi connectivity index (χ1v) is 7.15. The molecule has 0 amide bonds. The van der Waals surface area contributed by atoms with Crippen molar-refractivity contribution < 1.29 is 4.74 Å². The Labute approximate surface area is 116 Å². The Morgan fingerprint density at radius 3 is 2.79 bits per heavy atom. The fraction of sp³-hybridized carbons (Fsp3) is 0.625. The summed E-state index contributed by atoms with van der Waals surface area (Å²) < 4.78 is 5.81. The lowest BCUT2D eigenvalue weighted by Crippen LogP contribution is -2.46. The lowest BCUT2D eigenvalue weighted by molar-refractivity contribution is 0.169. The van der Waals surface area contributed by atoms with E-state index in [4.69, 9.17) is 4.74 Å². The van der Waals surface area contributed by atoms with E-state index >= 15 is 0 Å². The van der Waals surface area contributed by atoms with E-state index in [2.05, 4.69) is 56.1 Å². The summed E-state index contributed by atoms with van der Waals surface area (Å²) in [5, 5.41) is 3.58. The van der Waals surface area contributed by atoms with Crippen molar-refractivity contribution in [3.8, 4) is 5.75 Å². The minimum absolute atomic E-state index is 0.175. The average Bonchev–Trinajstić information content (AvgIpc) is 2.57. The zero-order valence-corrected chi connectivity index (χ0v) is 12.6. The summed E-state index contributed by atoms with van der Waals surface area (Å²) in [5.41, 5.74) is 1.47. The van der Waals surface area contributed by atoms with Crippen molar-refractivity contribution in [2.45, 2.75) is 45.8 Å². The van der Waals surface area contributed by atoms with Crippen LogP contribution in [0.1, 0.15) is 33.3 Å². The summed E-state index contributed by atoms with van der Waals surface area (Å²) in [5.74, 6) is 1.04. The van der Waals surface area contributed by atoms with Crippen LogP contribution in [0.25, 0.3) is 0 Å². The highest BCUT2D eigenvalue weighted by molar-refractivity contribution is 5.33. The van der Waals surface area contributed by atoms with E-state index < -0.39 is 0 Å². The molecule has 1 heterocycles. The number of nitrogens with zero attached hydrogens (tertiary/aromatic N) is 1. The second-order valence-electron chi connectivity index (χ2n) is 6.41. The quantitative estimate of drug-likeness (QED) is 0.906. The van der Waals surface area contributed by atoms with E-state index in [1.165, 1.54) is 5.56 Å². The second kappa shape index (κ2) is 5.93. The van der Waals surface area contributed by atoms with Crippen molar-refractivity contribution in [3.05, 3.63) is 29.8 Å². The second-order valence-corrected chi connectivity index (χ2v) is 6.41. The van der Waals surface area contributed by atoms with Crippen LogP contribution in [0, 0.1) is 0 Å². The third-order valence-electron chi connectivity index (χ3n) is 3.53.